The monoisotopic (exact) mass is 252 g/mol. The molecule has 0 atom stereocenters. The molecule has 0 spiro atoms. The van der Waals surface area contributed by atoms with Crippen LogP contribution < -0.4 is 0 Å². The molecule has 0 amide bonds. The normalized spacial score (nSPS) is 10.1. The van der Waals surface area contributed by atoms with Gasteiger partial charge in [-0.05, 0) is 19.4 Å². The zero-order chi connectivity index (χ0) is 12.8. The lowest BCUT2D eigenvalue weighted by Crippen LogP contribution is -2.26. The molecule has 1 aromatic carbocycles. The first-order valence-corrected chi connectivity index (χ1v) is 7.33. The minimum atomic E-state index is -0.505. The van der Waals surface area contributed by atoms with Gasteiger partial charge in [0.05, 0.1) is 6.61 Å². The predicted molar refractivity (Wildman–Crippen MR) is 71.9 cm³/mol. The van der Waals surface area contributed by atoms with E-state index in [1.165, 1.54) is 0 Å². The van der Waals surface area contributed by atoms with Crippen molar-refractivity contribution in [3.63, 3.8) is 0 Å². The van der Waals surface area contributed by atoms with Gasteiger partial charge in [0.15, 0.2) is 0 Å². The Balaban J connectivity index is 3.07. The van der Waals surface area contributed by atoms with E-state index in [0.29, 0.717) is 5.56 Å². The third-order valence-corrected chi connectivity index (χ3v) is 3.28. The summed E-state index contributed by atoms with van der Waals surface area (Å²) in [6, 6.07) is 8.79. The van der Waals surface area contributed by atoms with Gasteiger partial charge in [-0.25, -0.2) is 4.79 Å². The molecule has 0 saturated heterocycles. The Morgan fingerprint density at radius 2 is 1.76 bits per heavy atom. The van der Waals surface area contributed by atoms with E-state index in [1.54, 1.807) is 31.2 Å². The molecule has 0 heterocycles. The van der Waals surface area contributed by atoms with Gasteiger partial charge in [-0.1, -0.05) is 30.3 Å². The molecule has 3 nitrogen and oxygen atoms in total. The maximum Gasteiger partial charge on any atom is 0.347 e. The Morgan fingerprint density at radius 3 is 2.24 bits per heavy atom. The second kappa shape index (κ2) is 6.35. The van der Waals surface area contributed by atoms with E-state index >= 15 is 0 Å². The van der Waals surface area contributed by atoms with Crippen LogP contribution in [0.25, 0.3) is 0 Å². The summed E-state index contributed by atoms with van der Waals surface area (Å²) < 4.78 is 4.92. The lowest BCUT2D eigenvalue weighted by Gasteiger charge is -2.08. The Hall–Kier alpha value is -1.42. The summed E-state index contributed by atoms with van der Waals surface area (Å²) in [5.74, 6) is -0.743. The first kappa shape index (κ1) is 13.6. The molecule has 1 aromatic rings. The van der Waals surface area contributed by atoms with E-state index < -0.39 is 16.5 Å². The minimum absolute atomic E-state index is 0.234. The van der Waals surface area contributed by atoms with Crippen molar-refractivity contribution in [2.75, 3.05) is 19.1 Å². The molecule has 0 aliphatic carbocycles. The number of Topliss-reactive ketones (excluding diaryl/α,β-unsaturated/α-hetero) is 1. The van der Waals surface area contributed by atoms with E-state index in [4.69, 9.17) is 4.74 Å². The number of hydrogen-bond donors (Lipinski definition) is 0. The van der Waals surface area contributed by atoms with Crippen LogP contribution in [0.3, 0.4) is 0 Å². The predicted octanol–water partition coefficient (Wildman–Crippen LogP) is 2.13. The highest BCUT2D eigenvalue weighted by atomic mass is 32.2. The first-order valence-electron chi connectivity index (χ1n) is 5.29. The van der Waals surface area contributed by atoms with Gasteiger partial charge in [0, 0.05) is 5.56 Å². The SMILES string of the molecule is CCOC(=O)C(C(=O)c1ccccc1)=S(C)C. The topological polar surface area (TPSA) is 43.4 Å². The fraction of sp³-hybridized carbons (Fsp3) is 0.308. The maximum absolute atomic E-state index is 12.2. The van der Waals surface area contributed by atoms with Crippen LogP contribution in [0.1, 0.15) is 17.3 Å². The lowest BCUT2D eigenvalue weighted by molar-refractivity contribution is -0.134. The van der Waals surface area contributed by atoms with Crippen molar-refractivity contribution in [3.05, 3.63) is 35.9 Å². The van der Waals surface area contributed by atoms with Crippen molar-refractivity contribution >= 4 is 27.1 Å². The van der Waals surface area contributed by atoms with Crippen molar-refractivity contribution in [3.8, 4) is 0 Å². The molecule has 0 aliphatic rings. The maximum atomic E-state index is 12.2. The summed E-state index contributed by atoms with van der Waals surface area (Å²) in [7, 11) is -0.423. The smallest absolute Gasteiger partial charge is 0.347 e. The molecule has 0 bridgehead atoms. The largest absolute Gasteiger partial charge is 0.462 e. The van der Waals surface area contributed by atoms with E-state index in [-0.39, 0.29) is 17.3 Å². The molecule has 0 aromatic heterocycles. The van der Waals surface area contributed by atoms with E-state index in [2.05, 4.69) is 0 Å². The molecule has 0 N–H and O–H groups in total. The van der Waals surface area contributed by atoms with Gasteiger partial charge in [0.25, 0.3) is 0 Å². The van der Waals surface area contributed by atoms with Gasteiger partial charge < -0.3 is 4.74 Å². The van der Waals surface area contributed by atoms with Gasteiger partial charge in [0.2, 0.25) is 5.78 Å². The third kappa shape index (κ3) is 3.53. The van der Waals surface area contributed by atoms with Crippen LogP contribution >= 0.6 is 10.5 Å². The zero-order valence-corrected chi connectivity index (χ0v) is 11.0. The van der Waals surface area contributed by atoms with Crippen molar-refractivity contribution in [1.82, 2.24) is 0 Å². The van der Waals surface area contributed by atoms with Gasteiger partial charge >= 0.3 is 5.97 Å². The van der Waals surface area contributed by atoms with Crippen LogP contribution in [-0.2, 0) is 9.53 Å². The Kier molecular flexibility index (Phi) is 5.10. The van der Waals surface area contributed by atoms with E-state index in [0.717, 1.165) is 0 Å². The molecular formula is C13H16O3S. The molecule has 1 rings (SSSR count). The molecule has 4 heteroatoms. The number of esters is 1. The summed E-state index contributed by atoms with van der Waals surface area (Å²) >= 11 is 0. The van der Waals surface area contributed by atoms with E-state index in [1.807, 2.05) is 18.6 Å². The van der Waals surface area contributed by atoms with Crippen LogP contribution in [0, 0.1) is 0 Å². The third-order valence-electron chi connectivity index (χ3n) is 2.11. The highest BCUT2D eigenvalue weighted by Crippen LogP contribution is 2.11. The quantitative estimate of drug-likeness (QED) is 0.357. The molecule has 0 aliphatic heterocycles. The number of rotatable bonds is 4. The summed E-state index contributed by atoms with van der Waals surface area (Å²) in [4.78, 5) is 24.1. The summed E-state index contributed by atoms with van der Waals surface area (Å²) in [6.45, 7) is 2.01. The molecule has 0 unspecified atom stereocenters. The van der Waals surface area contributed by atoms with Crippen LogP contribution in [0.5, 0.6) is 0 Å². The number of ketones is 1. The van der Waals surface area contributed by atoms with Crippen molar-refractivity contribution in [2.24, 2.45) is 0 Å². The highest BCUT2D eigenvalue weighted by molar-refractivity contribution is 8.16. The van der Waals surface area contributed by atoms with Crippen LogP contribution in [0.2, 0.25) is 0 Å². The van der Waals surface area contributed by atoms with Crippen LogP contribution in [0.4, 0.5) is 0 Å². The van der Waals surface area contributed by atoms with Crippen molar-refractivity contribution in [2.45, 2.75) is 6.92 Å². The van der Waals surface area contributed by atoms with Crippen LogP contribution in [-0.4, -0.2) is 35.7 Å². The molecular weight excluding hydrogens is 236 g/mol. The van der Waals surface area contributed by atoms with Gasteiger partial charge in [-0.2, -0.15) is 10.5 Å². The zero-order valence-electron chi connectivity index (χ0n) is 10.2. The first-order chi connectivity index (χ1) is 8.07. The highest BCUT2D eigenvalue weighted by Gasteiger charge is 2.22. The summed E-state index contributed by atoms with van der Waals surface area (Å²) in [6.07, 6.45) is 3.68. The van der Waals surface area contributed by atoms with Gasteiger partial charge in [-0.15, -0.1) is 0 Å². The summed E-state index contributed by atoms with van der Waals surface area (Å²) in [5, 5.41) is 0. The average molecular weight is 252 g/mol. The Labute approximate surface area is 104 Å². The number of ether oxygens (including phenoxy) is 1. The standard InChI is InChI=1S/C13H16O3S/c1-4-16-13(15)12(17(2)3)11(14)10-8-6-5-7-9-10/h5-9H,4H2,1-3H3. The summed E-state index contributed by atoms with van der Waals surface area (Å²) in [5.41, 5.74) is 0.525. The number of carbonyl (C=O) groups excluding carboxylic acids is 2. The molecule has 0 saturated carbocycles. The number of carbonyl (C=O) groups is 2. The molecule has 17 heavy (non-hydrogen) atoms. The van der Waals surface area contributed by atoms with Crippen LogP contribution in [0.15, 0.2) is 30.3 Å². The number of benzene rings is 1. The average Bonchev–Trinajstić information content (AvgIpc) is 2.30. The number of hydrogen-bond acceptors (Lipinski definition) is 3. The lowest BCUT2D eigenvalue weighted by atomic mass is 10.1. The van der Waals surface area contributed by atoms with Crippen molar-refractivity contribution in [1.29, 1.82) is 0 Å². The fourth-order valence-corrected chi connectivity index (χ4v) is 2.24. The molecule has 0 fully saturated rings. The molecule has 0 radical (unpaired) electrons. The van der Waals surface area contributed by atoms with Crippen molar-refractivity contribution < 1.29 is 14.3 Å². The second-order valence-corrected chi connectivity index (χ2v) is 5.60. The fourth-order valence-electron chi connectivity index (χ4n) is 1.36. The van der Waals surface area contributed by atoms with Gasteiger partial charge in [0.1, 0.15) is 4.86 Å². The molecule has 92 valence electrons. The second-order valence-electron chi connectivity index (χ2n) is 3.56. The minimum Gasteiger partial charge on any atom is -0.462 e. The Bertz CT molecular complexity index is 445. The van der Waals surface area contributed by atoms with Gasteiger partial charge in [-0.3, -0.25) is 4.79 Å². The Morgan fingerprint density at radius 1 is 1.18 bits per heavy atom. The van der Waals surface area contributed by atoms with E-state index in [9.17, 15) is 9.59 Å².